The molecule has 31 heavy (non-hydrogen) atoms. The number of carbonyl (C=O) groups excluding carboxylic acids is 1. The number of ether oxygens (including phenoxy) is 1. The number of amides is 1. The summed E-state index contributed by atoms with van der Waals surface area (Å²) >= 11 is 5.44. The molecule has 3 rings (SSSR count). The van der Waals surface area contributed by atoms with Gasteiger partial charge in [-0.05, 0) is 18.2 Å². The first-order valence-corrected chi connectivity index (χ1v) is 10.4. The van der Waals surface area contributed by atoms with E-state index in [0.29, 0.717) is 0 Å². The van der Waals surface area contributed by atoms with Gasteiger partial charge in [0.25, 0.3) is 5.91 Å². The van der Waals surface area contributed by atoms with Gasteiger partial charge in [0, 0.05) is 26.3 Å². The molecular formula is C17H15ClF5N3O4S. The van der Waals surface area contributed by atoms with E-state index in [1.807, 2.05) is 0 Å². The number of hydrogen-bond donors (Lipinski definition) is 2. The maximum atomic E-state index is 14.0. The highest BCUT2D eigenvalue weighted by Crippen LogP contribution is 2.38. The largest absolute Gasteiger partial charge is 0.409 e. The fourth-order valence-corrected chi connectivity index (χ4v) is 4.60. The Balaban J connectivity index is 1.88. The number of sulfonamides is 1. The van der Waals surface area contributed by atoms with E-state index in [1.54, 1.807) is 4.72 Å². The van der Waals surface area contributed by atoms with Crippen LogP contribution < -0.4 is 10.0 Å². The molecule has 0 spiro atoms. The van der Waals surface area contributed by atoms with E-state index in [0.717, 1.165) is 29.0 Å². The normalized spacial score (nSPS) is 19.6. The van der Waals surface area contributed by atoms with Crippen LogP contribution in [0.25, 0.3) is 0 Å². The molecule has 1 fully saturated rings. The second kappa shape index (κ2) is 8.04. The van der Waals surface area contributed by atoms with Crippen molar-refractivity contribution in [2.45, 2.75) is 23.0 Å². The summed E-state index contributed by atoms with van der Waals surface area (Å²) in [7, 11) is -3.45. The van der Waals surface area contributed by atoms with Crippen LogP contribution in [0.2, 0.25) is 5.02 Å². The van der Waals surface area contributed by atoms with Crippen LogP contribution in [0, 0.1) is 11.6 Å². The summed E-state index contributed by atoms with van der Waals surface area (Å²) < 4.78 is 100. The average molecular weight is 488 g/mol. The number of nitrogens with zero attached hydrogens (tertiary/aromatic N) is 1. The van der Waals surface area contributed by atoms with Gasteiger partial charge in [-0.1, -0.05) is 11.6 Å². The molecule has 1 aliphatic heterocycles. The van der Waals surface area contributed by atoms with Gasteiger partial charge in [-0.2, -0.15) is 17.9 Å². The van der Waals surface area contributed by atoms with Crippen molar-refractivity contribution < 1.29 is 39.9 Å². The molecule has 1 saturated heterocycles. The van der Waals surface area contributed by atoms with Gasteiger partial charge in [-0.3, -0.25) is 4.79 Å². The maximum absolute atomic E-state index is 14.0. The first-order chi connectivity index (χ1) is 14.3. The van der Waals surface area contributed by atoms with Gasteiger partial charge < -0.3 is 14.6 Å². The molecule has 1 amide bonds. The standard InChI is InChI=1S/C17H15ClF5N3O4S/c1-26-7-9(31(28,29)25-16(17(21,22)23)4-5-30-8-16)6-12(26)15(27)24-11-3-2-10(19)13(18)14(11)20/h2-3,6-7,25H,4-5,8H2,1H3,(H,24,27). The predicted octanol–water partition coefficient (Wildman–Crippen LogP) is 3.21. The summed E-state index contributed by atoms with van der Waals surface area (Å²) in [6, 6.07) is 2.54. The minimum atomic E-state index is -4.91. The first kappa shape index (κ1) is 23.4. The highest BCUT2D eigenvalue weighted by atomic mass is 35.5. The maximum Gasteiger partial charge on any atom is 0.409 e. The molecule has 14 heteroatoms. The van der Waals surface area contributed by atoms with Crippen molar-refractivity contribution >= 4 is 33.2 Å². The highest BCUT2D eigenvalue weighted by Gasteiger charge is 2.59. The van der Waals surface area contributed by atoms with Gasteiger partial charge in [-0.25, -0.2) is 17.2 Å². The summed E-state index contributed by atoms with van der Waals surface area (Å²) in [6.07, 6.45) is -4.60. The van der Waals surface area contributed by atoms with Crippen LogP contribution in [0.4, 0.5) is 27.6 Å². The zero-order valence-corrected chi connectivity index (χ0v) is 17.3. The van der Waals surface area contributed by atoms with Crippen LogP contribution in [0.15, 0.2) is 29.3 Å². The van der Waals surface area contributed by atoms with Crippen molar-refractivity contribution in [2.24, 2.45) is 7.05 Å². The zero-order valence-electron chi connectivity index (χ0n) is 15.7. The van der Waals surface area contributed by atoms with E-state index in [-0.39, 0.29) is 12.3 Å². The van der Waals surface area contributed by atoms with Gasteiger partial charge >= 0.3 is 6.18 Å². The number of halogens is 6. The Bertz CT molecular complexity index is 1130. The molecule has 0 saturated carbocycles. The van der Waals surface area contributed by atoms with Crippen LogP contribution in [0.3, 0.4) is 0 Å². The molecule has 1 aromatic carbocycles. The Labute approximate surface area is 178 Å². The van der Waals surface area contributed by atoms with E-state index in [4.69, 9.17) is 16.3 Å². The Morgan fingerprint density at radius 1 is 1.29 bits per heavy atom. The van der Waals surface area contributed by atoms with Crippen molar-refractivity contribution in [1.29, 1.82) is 0 Å². The number of carbonyl (C=O) groups is 1. The van der Waals surface area contributed by atoms with Crippen LogP contribution >= 0.6 is 11.6 Å². The molecule has 0 bridgehead atoms. The van der Waals surface area contributed by atoms with E-state index >= 15 is 0 Å². The zero-order chi connectivity index (χ0) is 23.2. The van der Waals surface area contributed by atoms with Crippen molar-refractivity contribution in [3.63, 3.8) is 0 Å². The first-order valence-electron chi connectivity index (χ1n) is 8.57. The number of alkyl halides is 3. The number of benzene rings is 1. The van der Waals surface area contributed by atoms with Crippen LogP contribution in [-0.2, 0) is 21.8 Å². The third-order valence-electron chi connectivity index (χ3n) is 4.70. The fourth-order valence-electron chi connectivity index (χ4n) is 2.96. The Kier molecular flexibility index (Phi) is 6.08. The van der Waals surface area contributed by atoms with Crippen molar-refractivity contribution in [3.8, 4) is 0 Å². The lowest BCUT2D eigenvalue weighted by Crippen LogP contribution is -2.59. The minimum absolute atomic E-state index is 0.281. The molecule has 2 N–H and O–H groups in total. The van der Waals surface area contributed by atoms with Gasteiger partial charge in [0.1, 0.15) is 21.4 Å². The number of hydrogen-bond acceptors (Lipinski definition) is 4. The lowest BCUT2D eigenvalue weighted by molar-refractivity contribution is -0.189. The summed E-state index contributed by atoms with van der Waals surface area (Å²) in [5, 5.41) is 1.25. The van der Waals surface area contributed by atoms with E-state index in [9.17, 15) is 35.2 Å². The van der Waals surface area contributed by atoms with E-state index < -0.39 is 67.9 Å². The smallest absolute Gasteiger partial charge is 0.379 e. The molecule has 1 atom stereocenters. The SMILES string of the molecule is Cn1cc(S(=O)(=O)NC2(C(F)(F)F)CCOC2)cc1C(=O)Nc1ccc(F)c(Cl)c1F. The van der Waals surface area contributed by atoms with Gasteiger partial charge in [-0.15, -0.1) is 0 Å². The Morgan fingerprint density at radius 3 is 2.55 bits per heavy atom. The topological polar surface area (TPSA) is 89.4 Å². The molecule has 1 unspecified atom stereocenters. The molecular weight excluding hydrogens is 473 g/mol. The molecule has 2 aromatic rings. The molecule has 0 aliphatic carbocycles. The van der Waals surface area contributed by atoms with E-state index in [1.165, 1.54) is 7.05 Å². The minimum Gasteiger partial charge on any atom is -0.379 e. The monoisotopic (exact) mass is 487 g/mol. The number of rotatable bonds is 5. The number of nitrogens with one attached hydrogen (secondary N) is 2. The second-order valence-electron chi connectivity index (χ2n) is 6.84. The van der Waals surface area contributed by atoms with Crippen LogP contribution in [0.1, 0.15) is 16.9 Å². The van der Waals surface area contributed by atoms with Crippen LogP contribution in [-0.4, -0.2) is 43.8 Å². The lowest BCUT2D eigenvalue weighted by Gasteiger charge is -2.30. The van der Waals surface area contributed by atoms with Gasteiger partial charge in [0.15, 0.2) is 11.4 Å². The quantitative estimate of drug-likeness (QED) is 0.501. The third kappa shape index (κ3) is 4.40. The Morgan fingerprint density at radius 2 is 1.97 bits per heavy atom. The number of aromatic nitrogens is 1. The summed E-state index contributed by atoms with van der Waals surface area (Å²) in [5.41, 5.74) is -3.58. The fraction of sp³-hybridized carbons (Fsp3) is 0.353. The van der Waals surface area contributed by atoms with Crippen molar-refractivity contribution in [2.75, 3.05) is 18.5 Å². The molecule has 170 valence electrons. The third-order valence-corrected chi connectivity index (χ3v) is 6.55. The summed E-state index contributed by atoms with van der Waals surface area (Å²) in [6.45, 7) is -1.17. The summed E-state index contributed by atoms with van der Waals surface area (Å²) in [5.74, 6) is -3.29. The highest BCUT2D eigenvalue weighted by molar-refractivity contribution is 7.89. The Hall–Kier alpha value is -2.22. The van der Waals surface area contributed by atoms with E-state index in [2.05, 4.69) is 5.32 Å². The number of anilines is 1. The van der Waals surface area contributed by atoms with Gasteiger partial charge in [0.2, 0.25) is 10.0 Å². The van der Waals surface area contributed by atoms with Crippen molar-refractivity contribution in [1.82, 2.24) is 9.29 Å². The molecule has 2 heterocycles. The second-order valence-corrected chi connectivity index (χ2v) is 8.90. The van der Waals surface area contributed by atoms with Crippen LogP contribution in [0.5, 0.6) is 0 Å². The lowest BCUT2D eigenvalue weighted by atomic mass is 10.0. The average Bonchev–Trinajstić information content (AvgIpc) is 3.29. The number of aryl methyl sites for hydroxylation is 1. The molecule has 1 aliphatic rings. The predicted molar refractivity (Wildman–Crippen MR) is 99.3 cm³/mol. The summed E-state index contributed by atoms with van der Waals surface area (Å²) in [4.78, 5) is 11.8. The molecule has 1 aromatic heterocycles. The molecule has 7 nitrogen and oxygen atoms in total. The molecule has 0 radical (unpaired) electrons. The van der Waals surface area contributed by atoms with Crippen molar-refractivity contribution in [3.05, 3.63) is 46.7 Å². The van der Waals surface area contributed by atoms with Gasteiger partial charge in [0.05, 0.1) is 12.3 Å².